The molecule has 0 atom stereocenters. The highest BCUT2D eigenvalue weighted by molar-refractivity contribution is 7.92. The van der Waals surface area contributed by atoms with Crippen molar-refractivity contribution < 1.29 is 31.5 Å². The van der Waals surface area contributed by atoms with E-state index in [0.29, 0.717) is 5.56 Å². The summed E-state index contributed by atoms with van der Waals surface area (Å²) in [5, 5.41) is 9.99. The Hall–Kier alpha value is -2.63. The maximum atomic E-state index is 12.8. The number of rotatable bonds is 6. The number of sulfonamides is 2. The second kappa shape index (κ2) is 7.78. The monoisotopic (exact) mass is 428 g/mol. The lowest BCUT2D eigenvalue weighted by Gasteiger charge is -2.15. The van der Waals surface area contributed by atoms with Gasteiger partial charge in [-0.1, -0.05) is 6.07 Å². The van der Waals surface area contributed by atoms with Crippen molar-refractivity contribution in [2.45, 2.75) is 16.7 Å². The third kappa shape index (κ3) is 4.26. The molecule has 9 nitrogen and oxygen atoms in total. The van der Waals surface area contributed by atoms with Gasteiger partial charge in [-0.05, 0) is 42.8 Å². The van der Waals surface area contributed by atoms with E-state index in [9.17, 15) is 26.7 Å². The lowest BCUT2D eigenvalue weighted by Crippen LogP contribution is -2.22. The Morgan fingerprint density at radius 1 is 1.07 bits per heavy atom. The predicted octanol–water partition coefficient (Wildman–Crippen LogP) is 1.54. The van der Waals surface area contributed by atoms with Crippen molar-refractivity contribution in [3.8, 4) is 5.75 Å². The second-order valence-corrected chi connectivity index (χ2v) is 9.85. The number of carbonyl (C=O) groups is 1. The summed E-state index contributed by atoms with van der Waals surface area (Å²) < 4.78 is 57.8. The van der Waals surface area contributed by atoms with E-state index in [1.165, 1.54) is 40.3 Å². The molecule has 0 saturated carbocycles. The van der Waals surface area contributed by atoms with Crippen LogP contribution in [0.25, 0.3) is 0 Å². The molecule has 11 heteroatoms. The number of phenols is 1. The van der Waals surface area contributed by atoms with E-state index in [2.05, 4.69) is 9.46 Å². The van der Waals surface area contributed by atoms with Crippen molar-refractivity contribution in [1.82, 2.24) is 4.31 Å². The number of carbonyl (C=O) groups excluding carboxylic acids is 1. The Morgan fingerprint density at radius 3 is 2.29 bits per heavy atom. The number of nitrogens with zero attached hydrogens (tertiary/aromatic N) is 1. The molecule has 0 aliphatic rings. The normalized spacial score (nSPS) is 12.0. The quantitative estimate of drug-likeness (QED) is 0.527. The molecule has 0 radical (unpaired) electrons. The molecule has 0 unspecified atom stereocenters. The molecule has 0 aromatic heterocycles. The van der Waals surface area contributed by atoms with Crippen LogP contribution < -0.4 is 4.72 Å². The Morgan fingerprint density at radius 2 is 1.71 bits per heavy atom. The number of hydrogen-bond donors (Lipinski definition) is 2. The molecule has 2 aromatic carbocycles. The van der Waals surface area contributed by atoms with E-state index in [1.54, 1.807) is 0 Å². The van der Waals surface area contributed by atoms with Crippen molar-refractivity contribution in [3.63, 3.8) is 0 Å². The van der Waals surface area contributed by atoms with Gasteiger partial charge in [0.1, 0.15) is 5.75 Å². The molecule has 0 saturated heterocycles. The molecule has 0 aliphatic carbocycles. The molecule has 0 amide bonds. The minimum absolute atomic E-state index is 0.0293. The van der Waals surface area contributed by atoms with Crippen LogP contribution >= 0.6 is 0 Å². The number of nitrogens with one attached hydrogen (secondary N) is 1. The van der Waals surface area contributed by atoms with Gasteiger partial charge in [0.2, 0.25) is 10.0 Å². The average molecular weight is 428 g/mol. The lowest BCUT2D eigenvalue weighted by atomic mass is 10.1. The number of ether oxygens (including phenoxy) is 1. The Bertz CT molecular complexity index is 1120. The van der Waals surface area contributed by atoms with Crippen molar-refractivity contribution in [2.75, 3.05) is 25.9 Å². The number of aromatic hydroxyl groups is 1. The summed E-state index contributed by atoms with van der Waals surface area (Å²) in [4.78, 5) is 11.3. The van der Waals surface area contributed by atoms with Crippen LogP contribution in [0.5, 0.6) is 5.75 Å². The summed E-state index contributed by atoms with van der Waals surface area (Å²) >= 11 is 0. The average Bonchev–Trinajstić information content (AvgIpc) is 2.62. The van der Waals surface area contributed by atoms with Gasteiger partial charge in [0.15, 0.2) is 0 Å². The smallest absolute Gasteiger partial charge is 0.337 e. The third-order valence-electron chi connectivity index (χ3n) is 3.89. The fourth-order valence-corrected chi connectivity index (χ4v) is 4.57. The van der Waals surface area contributed by atoms with Crippen LogP contribution in [0, 0.1) is 6.92 Å². The van der Waals surface area contributed by atoms with E-state index in [0.717, 1.165) is 28.6 Å². The van der Waals surface area contributed by atoms with Crippen LogP contribution in [0.2, 0.25) is 0 Å². The molecule has 0 bridgehead atoms. The Kier molecular flexibility index (Phi) is 6.02. The van der Waals surface area contributed by atoms with Gasteiger partial charge in [-0.3, -0.25) is 4.72 Å². The Balaban J connectivity index is 2.52. The first kappa shape index (κ1) is 21.7. The summed E-state index contributed by atoms with van der Waals surface area (Å²) in [6.45, 7) is 1.53. The van der Waals surface area contributed by atoms with Crippen LogP contribution in [0.15, 0.2) is 46.2 Å². The molecule has 0 aliphatic heterocycles. The van der Waals surface area contributed by atoms with Crippen LogP contribution in [0.1, 0.15) is 15.9 Å². The van der Waals surface area contributed by atoms with Crippen molar-refractivity contribution in [1.29, 1.82) is 0 Å². The molecule has 2 N–H and O–H groups in total. The number of benzene rings is 2. The maximum Gasteiger partial charge on any atom is 0.337 e. The highest BCUT2D eigenvalue weighted by Gasteiger charge is 2.23. The van der Waals surface area contributed by atoms with Gasteiger partial charge in [0.05, 0.1) is 28.2 Å². The zero-order valence-electron chi connectivity index (χ0n) is 15.6. The largest absolute Gasteiger partial charge is 0.506 e. The lowest BCUT2D eigenvalue weighted by molar-refractivity contribution is 0.0600. The first-order valence-corrected chi connectivity index (χ1v) is 10.8. The van der Waals surface area contributed by atoms with Gasteiger partial charge in [0.25, 0.3) is 10.0 Å². The summed E-state index contributed by atoms with van der Waals surface area (Å²) in [6.07, 6.45) is 0. The number of hydrogen-bond acceptors (Lipinski definition) is 7. The molecular weight excluding hydrogens is 408 g/mol. The number of phenolic OH excluding ortho intramolecular Hbond substituents is 1. The Labute approximate surface area is 163 Å². The summed E-state index contributed by atoms with van der Waals surface area (Å²) in [5.74, 6) is -1.17. The fourth-order valence-electron chi connectivity index (χ4n) is 2.30. The van der Waals surface area contributed by atoms with Crippen molar-refractivity contribution >= 4 is 31.7 Å². The summed E-state index contributed by atoms with van der Waals surface area (Å²) in [6, 6.07) is 7.25. The number of esters is 1. The third-order valence-corrected chi connectivity index (χ3v) is 7.21. The zero-order chi connectivity index (χ0) is 21.3. The number of methoxy groups -OCH3 is 1. The second-order valence-electron chi connectivity index (χ2n) is 6.04. The molecular formula is C17H20N2O7S2. The standard InChI is InChI=1S/C17H20N2O7S2/c1-11-5-6-12(17(21)26-4)9-16(11)27(22,23)18-14-10-13(7-8-15(14)20)28(24,25)19(2)3/h5-10,18,20H,1-4H3. The van der Waals surface area contributed by atoms with Crippen LogP contribution in [0.4, 0.5) is 5.69 Å². The van der Waals surface area contributed by atoms with Gasteiger partial charge in [0, 0.05) is 14.1 Å². The van der Waals surface area contributed by atoms with Crippen LogP contribution in [-0.4, -0.2) is 53.4 Å². The summed E-state index contributed by atoms with van der Waals surface area (Å²) in [7, 11) is -4.25. The van der Waals surface area contributed by atoms with E-state index in [4.69, 9.17) is 0 Å². The van der Waals surface area contributed by atoms with Crippen molar-refractivity contribution in [3.05, 3.63) is 47.5 Å². The van der Waals surface area contributed by atoms with Crippen LogP contribution in [0.3, 0.4) is 0 Å². The van der Waals surface area contributed by atoms with E-state index < -0.39 is 31.8 Å². The summed E-state index contributed by atoms with van der Waals surface area (Å²) in [5.41, 5.74) is 0.0594. The van der Waals surface area contributed by atoms with E-state index in [1.807, 2.05) is 0 Å². The van der Waals surface area contributed by atoms with Gasteiger partial charge in [-0.15, -0.1) is 0 Å². The molecule has 152 valence electrons. The fraction of sp³-hybridized carbons (Fsp3) is 0.235. The van der Waals surface area contributed by atoms with E-state index in [-0.39, 0.29) is 21.0 Å². The van der Waals surface area contributed by atoms with Gasteiger partial charge < -0.3 is 9.84 Å². The zero-order valence-corrected chi connectivity index (χ0v) is 17.3. The molecule has 0 fully saturated rings. The van der Waals surface area contributed by atoms with Gasteiger partial charge in [-0.2, -0.15) is 0 Å². The van der Waals surface area contributed by atoms with Crippen molar-refractivity contribution in [2.24, 2.45) is 0 Å². The molecule has 28 heavy (non-hydrogen) atoms. The number of anilines is 1. The highest BCUT2D eigenvalue weighted by atomic mass is 32.2. The minimum Gasteiger partial charge on any atom is -0.506 e. The van der Waals surface area contributed by atoms with Gasteiger partial charge in [-0.25, -0.2) is 25.9 Å². The SMILES string of the molecule is COC(=O)c1ccc(C)c(S(=O)(=O)Nc2cc(S(=O)(=O)N(C)C)ccc2O)c1. The molecule has 0 spiro atoms. The molecule has 0 heterocycles. The minimum atomic E-state index is -4.24. The first-order chi connectivity index (χ1) is 12.9. The first-order valence-electron chi connectivity index (χ1n) is 7.87. The predicted molar refractivity (Wildman–Crippen MR) is 102 cm³/mol. The maximum absolute atomic E-state index is 12.8. The van der Waals surface area contributed by atoms with E-state index >= 15 is 0 Å². The highest BCUT2D eigenvalue weighted by Crippen LogP contribution is 2.30. The number of aryl methyl sites for hydroxylation is 1. The van der Waals surface area contributed by atoms with Gasteiger partial charge >= 0.3 is 5.97 Å². The topological polar surface area (TPSA) is 130 Å². The molecule has 2 aromatic rings. The van der Waals surface area contributed by atoms with Crippen LogP contribution in [-0.2, 0) is 24.8 Å². The molecule has 2 rings (SSSR count).